The highest BCUT2D eigenvalue weighted by atomic mass is 16.5. The van der Waals surface area contributed by atoms with Crippen molar-refractivity contribution in [1.82, 2.24) is 5.43 Å². The van der Waals surface area contributed by atoms with Crippen LogP contribution in [0, 0.1) is 18.3 Å². The molecule has 1 aliphatic carbocycles. The van der Waals surface area contributed by atoms with Gasteiger partial charge in [0.15, 0.2) is 0 Å². The van der Waals surface area contributed by atoms with Crippen LogP contribution < -0.4 is 16.0 Å². The van der Waals surface area contributed by atoms with E-state index in [1.165, 1.54) is 43.2 Å². The number of methoxy groups -OCH3 is 1. The molecule has 0 heterocycles. The number of hydrogen-bond donors (Lipinski definition) is 2. The normalized spacial score (nSPS) is 19.0. The van der Waals surface area contributed by atoms with Crippen LogP contribution in [0.5, 0.6) is 5.75 Å². The smallest absolute Gasteiger partial charge is 0.119 e. The maximum absolute atomic E-state index is 6.00. The molecule has 2 rings (SSSR count). The Labute approximate surface area is 129 Å². The molecule has 0 aliphatic heterocycles. The number of nitrogens with one attached hydrogen (secondary N) is 1. The van der Waals surface area contributed by atoms with Crippen LogP contribution in [-0.2, 0) is 0 Å². The van der Waals surface area contributed by atoms with Gasteiger partial charge in [0.05, 0.1) is 13.2 Å². The zero-order chi connectivity index (χ0) is 15.5. The lowest BCUT2D eigenvalue weighted by Gasteiger charge is -2.39. The SMILES string of the molecule is COc1ccc(C(NN)C2(CC(C)C)CCCC2)c(C)c1. The summed E-state index contributed by atoms with van der Waals surface area (Å²) < 4.78 is 5.33. The van der Waals surface area contributed by atoms with E-state index in [9.17, 15) is 0 Å². The van der Waals surface area contributed by atoms with Crippen molar-refractivity contribution in [2.75, 3.05) is 7.11 Å². The molecule has 0 saturated heterocycles. The number of hydrogen-bond acceptors (Lipinski definition) is 3. The van der Waals surface area contributed by atoms with E-state index in [2.05, 4.69) is 38.3 Å². The Hall–Kier alpha value is -1.06. The summed E-state index contributed by atoms with van der Waals surface area (Å²) in [5.41, 5.74) is 6.01. The minimum atomic E-state index is 0.230. The average molecular weight is 290 g/mol. The third kappa shape index (κ3) is 3.41. The second-order valence-corrected chi connectivity index (χ2v) is 6.99. The maximum Gasteiger partial charge on any atom is 0.119 e. The van der Waals surface area contributed by atoms with Crippen LogP contribution in [0.1, 0.15) is 63.1 Å². The van der Waals surface area contributed by atoms with Crippen molar-refractivity contribution in [3.63, 3.8) is 0 Å². The molecule has 21 heavy (non-hydrogen) atoms. The van der Waals surface area contributed by atoms with Gasteiger partial charge in [-0.3, -0.25) is 11.3 Å². The molecule has 1 aliphatic rings. The van der Waals surface area contributed by atoms with Crippen molar-refractivity contribution in [1.29, 1.82) is 0 Å². The first-order valence-corrected chi connectivity index (χ1v) is 8.13. The number of aryl methyl sites for hydroxylation is 1. The third-order valence-electron chi connectivity index (χ3n) is 4.98. The lowest BCUT2D eigenvalue weighted by Crippen LogP contribution is -2.41. The van der Waals surface area contributed by atoms with Crippen molar-refractivity contribution < 1.29 is 4.74 Å². The number of ether oxygens (including phenoxy) is 1. The van der Waals surface area contributed by atoms with Gasteiger partial charge in [-0.05, 0) is 60.8 Å². The number of rotatable bonds is 6. The Kier molecular flexibility index (Phi) is 5.28. The molecule has 3 heteroatoms. The van der Waals surface area contributed by atoms with E-state index in [1.54, 1.807) is 7.11 Å². The molecule has 0 spiro atoms. The molecular formula is C18H30N2O. The highest BCUT2D eigenvalue weighted by molar-refractivity contribution is 5.37. The topological polar surface area (TPSA) is 47.3 Å². The molecule has 3 nitrogen and oxygen atoms in total. The van der Waals surface area contributed by atoms with Gasteiger partial charge in [-0.25, -0.2) is 0 Å². The molecule has 0 amide bonds. The fourth-order valence-electron chi connectivity index (χ4n) is 4.20. The van der Waals surface area contributed by atoms with E-state index in [0.29, 0.717) is 11.3 Å². The zero-order valence-corrected chi connectivity index (χ0v) is 13.9. The molecule has 1 fully saturated rings. The van der Waals surface area contributed by atoms with Crippen LogP contribution in [-0.4, -0.2) is 7.11 Å². The van der Waals surface area contributed by atoms with E-state index in [1.807, 2.05) is 6.07 Å². The molecule has 0 bridgehead atoms. The molecular weight excluding hydrogens is 260 g/mol. The Morgan fingerprint density at radius 2 is 1.95 bits per heavy atom. The summed E-state index contributed by atoms with van der Waals surface area (Å²) >= 11 is 0. The highest BCUT2D eigenvalue weighted by Gasteiger charge is 2.42. The minimum absolute atomic E-state index is 0.230. The van der Waals surface area contributed by atoms with Gasteiger partial charge in [-0.15, -0.1) is 0 Å². The first-order chi connectivity index (χ1) is 10.0. The molecule has 0 aromatic heterocycles. The van der Waals surface area contributed by atoms with Gasteiger partial charge in [0.1, 0.15) is 5.75 Å². The summed E-state index contributed by atoms with van der Waals surface area (Å²) in [4.78, 5) is 0. The molecule has 1 atom stereocenters. The van der Waals surface area contributed by atoms with Crippen LogP contribution in [0.2, 0.25) is 0 Å². The first-order valence-electron chi connectivity index (χ1n) is 8.13. The summed E-state index contributed by atoms with van der Waals surface area (Å²) in [6.45, 7) is 6.78. The van der Waals surface area contributed by atoms with Gasteiger partial charge < -0.3 is 4.74 Å². The molecule has 0 radical (unpaired) electrons. The molecule has 1 aromatic carbocycles. The van der Waals surface area contributed by atoms with Gasteiger partial charge in [0, 0.05) is 0 Å². The van der Waals surface area contributed by atoms with Crippen LogP contribution in [0.4, 0.5) is 0 Å². The second-order valence-electron chi connectivity index (χ2n) is 6.99. The fraction of sp³-hybridized carbons (Fsp3) is 0.667. The Morgan fingerprint density at radius 3 is 2.43 bits per heavy atom. The molecule has 1 saturated carbocycles. The second kappa shape index (κ2) is 6.80. The van der Waals surface area contributed by atoms with Gasteiger partial charge in [0.25, 0.3) is 0 Å². The predicted octanol–water partition coefficient (Wildman–Crippen LogP) is 4.11. The average Bonchev–Trinajstić information content (AvgIpc) is 2.89. The highest BCUT2D eigenvalue weighted by Crippen LogP contribution is 2.52. The van der Waals surface area contributed by atoms with Crippen molar-refractivity contribution in [3.8, 4) is 5.75 Å². The van der Waals surface area contributed by atoms with Gasteiger partial charge in [-0.1, -0.05) is 32.8 Å². The Bertz CT molecular complexity index is 464. The maximum atomic E-state index is 6.00. The van der Waals surface area contributed by atoms with Gasteiger partial charge in [0.2, 0.25) is 0 Å². The van der Waals surface area contributed by atoms with Crippen LogP contribution in [0.25, 0.3) is 0 Å². The Morgan fingerprint density at radius 1 is 1.29 bits per heavy atom. The lowest BCUT2D eigenvalue weighted by atomic mass is 9.70. The van der Waals surface area contributed by atoms with Crippen LogP contribution in [0.15, 0.2) is 18.2 Å². The number of nitrogens with two attached hydrogens (primary N) is 1. The number of benzene rings is 1. The van der Waals surface area contributed by atoms with Crippen molar-refractivity contribution in [2.45, 2.75) is 58.9 Å². The number of hydrazine groups is 1. The summed E-state index contributed by atoms with van der Waals surface area (Å²) in [6, 6.07) is 6.56. The Balaban J connectivity index is 2.36. The zero-order valence-electron chi connectivity index (χ0n) is 13.9. The monoisotopic (exact) mass is 290 g/mol. The van der Waals surface area contributed by atoms with Crippen molar-refractivity contribution >= 4 is 0 Å². The van der Waals surface area contributed by atoms with Crippen LogP contribution in [0.3, 0.4) is 0 Å². The van der Waals surface area contributed by atoms with E-state index in [4.69, 9.17) is 10.6 Å². The summed E-state index contributed by atoms with van der Waals surface area (Å²) in [5, 5.41) is 0. The van der Waals surface area contributed by atoms with E-state index in [0.717, 1.165) is 5.75 Å². The molecule has 118 valence electrons. The van der Waals surface area contributed by atoms with Crippen LogP contribution >= 0.6 is 0 Å². The van der Waals surface area contributed by atoms with Gasteiger partial charge >= 0.3 is 0 Å². The standard InChI is InChI=1S/C18H30N2O/c1-13(2)12-18(9-5-6-10-18)17(20-19)16-8-7-15(21-4)11-14(16)3/h7-8,11,13,17,20H,5-6,9-10,12,19H2,1-4H3. The largest absolute Gasteiger partial charge is 0.497 e. The fourth-order valence-corrected chi connectivity index (χ4v) is 4.20. The molecule has 3 N–H and O–H groups in total. The summed E-state index contributed by atoms with van der Waals surface area (Å²) in [6.07, 6.45) is 6.41. The van der Waals surface area contributed by atoms with E-state index in [-0.39, 0.29) is 6.04 Å². The quantitative estimate of drug-likeness (QED) is 0.612. The van der Waals surface area contributed by atoms with Crippen molar-refractivity contribution in [3.05, 3.63) is 29.3 Å². The minimum Gasteiger partial charge on any atom is -0.497 e. The molecule has 1 aromatic rings. The summed E-state index contributed by atoms with van der Waals surface area (Å²) in [7, 11) is 1.71. The van der Waals surface area contributed by atoms with E-state index >= 15 is 0 Å². The summed E-state index contributed by atoms with van der Waals surface area (Å²) in [5.74, 6) is 7.61. The van der Waals surface area contributed by atoms with Crippen molar-refractivity contribution in [2.24, 2.45) is 17.2 Å². The predicted molar refractivity (Wildman–Crippen MR) is 88.2 cm³/mol. The first kappa shape index (κ1) is 16.3. The van der Waals surface area contributed by atoms with Gasteiger partial charge in [-0.2, -0.15) is 0 Å². The third-order valence-corrected chi connectivity index (χ3v) is 4.98. The van der Waals surface area contributed by atoms with E-state index < -0.39 is 0 Å². The molecule has 1 unspecified atom stereocenters. The lowest BCUT2D eigenvalue weighted by molar-refractivity contribution is 0.155.